The predicted octanol–water partition coefficient (Wildman–Crippen LogP) is 3.89. The fourth-order valence-electron chi connectivity index (χ4n) is 5.85. The molecule has 3 heteroatoms. The topological polar surface area (TPSA) is 43.8 Å². The molecule has 0 aliphatic heterocycles. The molecule has 0 radical (unpaired) electrons. The molecule has 4 aliphatic carbocycles. The van der Waals surface area contributed by atoms with Crippen molar-refractivity contribution in [2.75, 3.05) is 5.73 Å². The van der Waals surface area contributed by atoms with Gasteiger partial charge in [0.25, 0.3) is 0 Å². The van der Waals surface area contributed by atoms with Gasteiger partial charge in [-0.05, 0) is 76.5 Å². The highest BCUT2D eigenvalue weighted by atomic mass is 15.2. The summed E-state index contributed by atoms with van der Waals surface area (Å²) in [5.74, 6) is 6.47. The van der Waals surface area contributed by atoms with Gasteiger partial charge in [-0.2, -0.15) is 0 Å². The second-order valence-electron chi connectivity index (χ2n) is 7.85. The van der Waals surface area contributed by atoms with Gasteiger partial charge in [-0.1, -0.05) is 0 Å². The third-order valence-corrected chi connectivity index (χ3v) is 6.21. The molecule has 0 spiro atoms. The Balaban J connectivity index is 1.73. The average Bonchev–Trinajstić information content (AvgIpc) is 2.63. The van der Waals surface area contributed by atoms with Gasteiger partial charge >= 0.3 is 0 Å². The summed E-state index contributed by atoms with van der Waals surface area (Å²) < 4.78 is 2.22. The van der Waals surface area contributed by atoms with Crippen molar-refractivity contribution < 1.29 is 0 Å². The SMILES string of the molecule is Cc1nc(C2C3CC4CC(C3)CC2C4)c(N)n1C(C)C. The highest BCUT2D eigenvalue weighted by molar-refractivity contribution is 5.42. The van der Waals surface area contributed by atoms with E-state index < -0.39 is 0 Å². The Morgan fingerprint density at radius 3 is 2.05 bits per heavy atom. The number of aryl methyl sites for hydroxylation is 1. The summed E-state index contributed by atoms with van der Waals surface area (Å²) in [7, 11) is 0. The van der Waals surface area contributed by atoms with Crippen LogP contribution in [0.1, 0.15) is 69.4 Å². The first-order valence-electron chi connectivity index (χ1n) is 8.38. The van der Waals surface area contributed by atoms with Crippen LogP contribution in [0.25, 0.3) is 0 Å². The van der Waals surface area contributed by atoms with Crippen LogP contribution in [-0.4, -0.2) is 9.55 Å². The molecular weight excluding hydrogens is 246 g/mol. The van der Waals surface area contributed by atoms with Gasteiger partial charge in [-0.15, -0.1) is 0 Å². The summed E-state index contributed by atoms with van der Waals surface area (Å²) in [6, 6.07) is 0.410. The molecule has 4 saturated carbocycles. The summed E-state index contributed by atoms with van der Waals surface area (Å²) in [6.45, 7) is 6.51. The molecule has 4 bridgehead atoms. The number of anilines is 1. The van der Waals surface area contributed by atoms with E-state index in [0.29, 0.717) is 12.0 Å². The number of imidazole rings is 1. The maximum Gasteiger partial charge on any atom is 0.127 e. The molecule has 5 rings (SSSR count). The van der Waals surface area contributed by atoms with E-state index in [1.807, 2.05) is 0 Å². The largest absolute Gasteiger partial charge is 0.384 e. The zero-order valence-electron chi connectivity index (χ0n) is 13.0. The first kappa shape index (κ1) is 12.7. The number of hydrogen-bond donors (Lipinski definition) is 1. The van der Waals surface area contributed by atoms with Crippen LogP contribution in [0.5, 0.6) is 0 Å². The number of nitrogens with two attached hydrogens (primary N) is 1. The van der Waals surface area contributed by atoms with Gasteiger partial charge in [0.15, 0.2) is 0 Å². The summed E-state index contributed by atoms with van der Waals surface area (Å²) in [6.07, 6.45) is 7.25. The van der Waals surface area contributed by atoms with Crippen LogP contribution in [0.4, 0.5) is 5.82 Å². The van der Waals surface area contributed by atoms with Gasteiger partial charge in [0.1, 0.15) is 11.6 Å². The van der Waals surface area contributed by atoms with Crippen molar-refractivity contribution in [3.05, 3.63) is 11.5 Å². The molecule has 4 aliphatic rings. The molecule has 3 nitrogen and oxygen atoms in total. The third-order valence-electron chi connectivity index (χ3n) is 6.21. The minimum atomic E-state index is 0.410. The van der Waals surface area contributed by atoms with Gasteiger partial charge in [0, 0.05) is 12.0 Å². The number of rotatable bonds is 2. The van der Waals surface area contributed by atoms with Crippen molar-refractivity contribution in [2.45, 2.75) is 64.8 Å². The number of nitrogen functional groups attached to an aromatic ring is 1. The van der Waals surface area contributed by atoms with Crippen molar-refractivity contribution in [1.29, 1.82) is 0 Å². The summed E-state index contributed by atoms with van der Waals surface area (Å²) in [5, 5.41) is 0. The first-order valence-corrected chi connectivity index (χ1v) is 8.38. The zero-order valence-corrected chi connectivity index (χ0v) is 13.0. The quantitative estimate of drug-likeness (QED) is 0.888. The fraction of sp³-hybridized carbons (Fsp3) is 0.824. The molecule has 110 valence electrons. The van der Waals surface area contributed by atoms with Crippen LogP contribution in [0.3, 0.4) is 0 Å². The van der Waals surface area contributed by atoms with Gasteiger partial charge < -0.3 is 10.3 Å². The van der Waals surface area contributed by atoms with Crippen LogP contribution in [0.15, 0.2) is 0 Å². The molecule has 0 amide bonds. The molecular formula is C17H27N3. The second-order valence-corrected chi connectivity index (χ2v) is 7.85. The lowest BCUT2D eigenvalue weighted by Crippen LogP contribution is -2.44. The van der Waals surface area contributed by atoms with Crippen molar-refractivity contribution in [3.8, 4) is 0 Å². The molecule has 4 fully saturated rings. The fourth-order valence-corrected chi connectivity index (χ4v) is 5.85. The van der Waals surface area contributed by atoms with E-state index in [1.165, 1.54) is 37.8 Å². The highest BCUT2D eigenvalue weighted by Crippen LogP contribution is 2.60. The molecule has 0 unspecified atom stereocenters. The molecule has 0 atom stereocenters. The molecule has 1 aromatic heterocycles. The number of hydrogen-bond acceptors (Lipinski definition) is 2. The van der Waals surface area contributed by atoms with Crippen molar-refractivity contribution in [1.82, 2.24) is 9.55 Å². The Morgan fingerprint density at radius 1 is 1.05 bits per heavy atom. The second kappa shape index (κ2) is 4.25. The maximum absolute atomic E-state index is 6.49. The monoisotopic (exact) mass is 273 g/mol. The molecule has 0 aromatic carbocycles. The minimum Gasteiger partial charge on any atom is -0.384 e. The lowest BCUT2D eigenvalue weighted by molar-refractivity contribution is -0.00382. The number of aromatic nitrogens is 2. The van der Waals surface area contributed by atoms with Gasteiger partial charge in [0.2, 0.25) is 0 Å². The van der Waals surface area contributed by atoms with Gasteiger partial charge in [0.05, 0.1) is 5.69 Å². The van der Waals surface area contributed by atoms with E-state index in [0.717, 1.165) is 35.3 Å². The first-order chi connectivity index (χ1) is 9.54. The van der Waals surface area contributed by atoms with E-state index in [4.69, 9.17) is 10.7 Å². The van der Waals surface area contributed by atoms with Gasteiger partial charge in [-0.3, -0.25) is 0 Å². The van der Waals surface area contributed by atoms with E-state index >= 15 is 0 Å². The van der Waals surface area contributed by atoms with E-state index in [2.05, 4.69) is 25.3 Å². The van der Waals surface area contributed by atoms with Crippen LogP contribution in [0, 0.1) is 30.6 Å². The smallest absolute Gasteiger partial charge is 0.127 e. The van der Waals surface area contributed by atoms with Gasteiger partial charge in [-0.25, -0.2) is 4.98 Å². The standard InChI is InChI=1S/C17H27N3/c1-9(2)20-10(3)19-16(17(20)18)15-13-5-11-4-12(7-13)8-14(15)6-11/h9,11-15H,4-8,18H2,1-3H3. The Kier molecular flexibility index (Phi) is 2.71. The summed E-state index contributed by atoms with van der Waals surface area (Å²) >= 11 is 0. The highest BCUT2D eigenvalue weighted by Gasteiger charge is 2.50. The maximum atomic E-state index is 6.49. The van der Waals surface area contributed by atoms with Crippen LogP contribution < -0.4 is 5.73 Å². The van der Waals surface area contributed by atoms with Crippen molar-refractivity contribution in [2.24, 2.45) is 23.7 Å². The average molecular weight is 273 g/mol. The third kappa shape index (κ3) is 1.68. The lowest BCUT2D eigenvalue weighted by Gasteiger charge is -2.54. The van der Waals surface area contributed by atoms with Crippen LogP contribution >= 0.6 is 0 Å². The molecule has 20 heavy (non-hydrogen) atoms. The van der Waals surface area contributed by atoms with Crippen LogP contribution in [-0.2, 0) is 0 Å². The van der Waals surface area contributed by atoms with E-state index in [1.54, 1.807) is 0 Å². The van der Waals surface area contributed by atoms with E-state index in [9.17, 15) is 0 Å². The Hall–Kier alpha value is -0.990. The Bertz CT molecular complexity index is 501. The molecule has 2 N–H and O–H groups in total. The van der Waals surface area contributed by atoms with Crippen molar-refractivity contribution in [3.63, 3.8) is 0 Å². The lowest BCUT2D eigenvalue weighted by atomic mass is 9.51. The Morgan fingerprint density at radius 2 is 1.60 bits per heavy atom. The van der Waals surface area contributed by atoms with Crippen LogP contribution in [0.2, 0.25) is 0 Å². The van der Waals surface area contributed by atoms with E-state index in [-0.39, 0.29) is 0 Å². The minimum absolute atomic E-state index is 0.410. The molecule has 0 saturated heterocycles. The van der Waals surface area contributed by atoms with Crippen molar-refractivity contribution >= 4 is 5.82 Å². The summed E-state index contributed by atoms with van der Waals surface area (Å²) in [4.78, 5) is 4.92. The summed E-state index contributed by atoms with van der Waals surface area (Å²) in [5.41, 5.74) is 7.73. The predicted molar refractivity (Wildman–Crippen MR) is 81.5 cm³/mol. The zero-order chi connectivity index (χ0) is 14.0. The Labute approximate surface area is 122 Å². The molecule has 1 heterocycles. The number of nitrogens with zero attached hydrogens (tertiary/aromatic N) is 2. The molecule has 1 aromatic rings. The normalized spacial score (nSPS) is 38.9.